The number of piperidine rings is 1. The second-order valence-corrected chi connectivity index (χ2v) is 11.0. The Morgan fingerprint density at radius 3 is 2.67 bits per heavy atom. The van der Waals surface area contributed by atoms with Gasteiger partial charge in [-0.3, -0.25) is 9.20 Å². The first-order chi connectivity index (χ1) is 19.1. The molecular weight excluding hydrogens is 507 g/mol. The van der Waals surface area contributed by atoms with Crippen molar-refractivity contribution in [2.75, 3.05) is 18.8 Å². The van der Waals surface area contributed by atoms with Crippen molar-refractivity contribution in [1.29, 1.82) is 0 Å². The molecule has 1 saturated heterocycles. The van der Waals surface area contributed by atoms with Crippen molar-refractivity contribution in [3.63, 3.8) is 0 Å². The Bertz CT molecular complexity index is 1630. The van der Waals surface area contributed by atoms with Gasteiger partial charge in [0.1, 0.15) is 40.2 Å². The summed E-state index contributed by atoms with van der Waals surface area (Å²) in [6.45, 7) is 14.4. The van der Waals surface area contributed by atoms with Crippen molar-refractivity contribution in [2.24, 2.45) is 5.41 Å². The number of carbonyl (C=O) groups excluding carboxylic acids is 1. The number of ether oxygens (including phenoxy) is 1. The fourth-order valence-corrected chi connectivity index (χ4v) is 5.03. The van der Waals surface area contributed by atoms with Crippen LogP contribution in [0.5, 0.6) is 11.5 Å². The lowest BCUT2D eigenvalue weighted by Gasteiger charge is -2.32. The summed E-state index contributed by atoms with van der Waals surface area (Å²) in [6, 6.07) is 13.8. The number of amides is 1. The van der Waals surface area contributed by atoms with E-state index < -0.39 is 5.82 Å². The van der Waals surface area contributed by atoms with Crippen LogP contribution in [0.3, 0.4) is 0 Å². The van der Waals surface area contributed by atoms with Crippen LogP contribution < -0.4 is 10.5 Å². The predicted octanol–water partition coefficient (Wildman–Crippen LogP) is 6.47. The molecule has 0 unspecified atom stereocenters. The number of hydrogen-bond donors (Lipinski definition) is 1. The summed E-state index contributed by atoms with van der Waals surface area (Å²) < 4.78 is 23.1. The Balaban J connectivity index is 1.49. The van der Waals surface area contributed by atoms with Crippen LogP contribution in [-0.2, 0) is 4.79 Å². The van der Waals surface area contributed by atoms with E-state index in [-0.39, 0.29) is 34.3 Å². The number of likely N-dealkylation sites (tertiary alicyclic amines) is 1. The van der Waals surface area contributed by atoms with Gasteiger partial charge >= 0.3 is 0 Å². The molecule has 2 N–H and O–H groups in total. The molecule has 2 aromatic heterocycles. The minimum Gasteiger partial charge on any atom is -0.457 e. The van der Waals surface area contributed by atoms with E-state index in [2.05, 4.69) is 9.83 Å². The summed E-state index contributed by atoms with van der Waals surface area (Å²) in [4.78, 5) is 27.6. The van der Waals surface area contributed by atoms with Crippen molar-refractivity contribution in [3.8, 4) is 22.8 Å². The normalized spacial score (nSPS) is 16.1. The molecule has 1 aliphatic rings. The summed E-state index contributed by atoms with van der Waals surface area (Å²) in [5, 5.41) is 0. The van der Waals surface area contributed by atoms with Crippen LogP contribution >= 0.6 is 0 Å². The van der Waals surface area contributed by atoms with Crippen LogP contribution in [0.2, 0.25) is 0 Å². The molecule has 204 valence electrons. The maximum absolute atomic E-state index is 15.5. The molecule has 9 heteroatoms. The number of nitrogen functional groups attached to an aromatic ring is 1. The summed E-state index contributed by atoms with van der Waals surface area (Å²) >= 11 is 0. The third-order valence-electron chi connectivity index (χ3n) is 6.77. The zero-order valence-corrected chi connectivity index (χ0v) is 22.8. The fraction of sp³-hybridized carbons (Fsp3) is 0.290. The number of benzene rings is 2. The SMILES string of the molecule is [C-]#[N+]/C(=C\C(C)(C)C)C(=O)N1CCC[C@@H](c2nc(-c3ccc(Oc4ccccc4)cc3F)c3c(N)nccn23)C1. The Morgan fingerprint density at radius 2 is 1.98 bits per heavy atom. The number of imidazole rings is 1. The number of nitrogens with two attached hydrogens (primary N) is 1. The van der Waals surface area contributed by atoms with Gasteiger partial charge in [0.15, 0.2) is 0 Å². The molecule has 0 spiro atoms. The first-order valence-corrected chi connectivity index (χ1v) is 13.2. The average Bonchev–Trinajstić information content (AvgIpc) is 3.32. The van der Waals surface area contributed by atoms with Gasteiger partial charge in [-0.1, -0.05) is 45.0 Å². The number of nitrogens with zero attached hydrogens (tertiary/aromatic N) is 5. The quantitative estimate of drug-likeness (QED) is 0.233. The van der Waals surface area contributed by atoms with Crippen LogP contribution in [0.4, 0.5) is 10.2 Å². The molecule has 0 aliphatic carbocycles. The molecule has 1 atom stereocenters. The van der Waals surface area contributed by atoms with Crippen molar-refractivity contribution in [3.05, 3.63) is 95.8 Å². The van der Waals surface area contributed by atoms with E-state index in [0.717, 1.165) is 12.8 Å². The fourth-order valence-electron chi connectivity index (χ4n) is 5.03. The molecule has 1 aliphatic heterocycles. The number of aromatic nitrogens is 3. The Kier molecular flexibility index (Phi) is 7.26. The Morgan fingerprint density at radius 1 is 1.20 bits per heavy atom. The second kappa shape index (κ2) is 10.8. The molecule has 1 fully saturated rings. The largest absolute Gasteiger partial charge is 0.457 e. The van der Waals surface area contributed by atoms with Gasteiger partial charge in [0, 0.05) is 43.0 Å². The van der Waals surface area contributed by atoms with Gasteiger partial charge in [0.25, 0.3) is 5.91 Å². The van der Waals surface area contributed by atoms with Gasteiger partial charge in [-0.15, -0.1) is 0 Å². The van der Waals surface area contributed by atoms with Crippen LogP contribution in [0.1, 0.15) is 45.4 Å². The highest BCUT2D eigenvalue weighted by atomic mass is 19.1. The van der Waals surface area contributed by atoms with E-state index in [1.165, 1.54) is 6.07 Å². The Labute approximate surface area is 232 Å². The van der Waals surface area contributed by atoms with Gasteiger partial charge in [0.05, 0.1) is 6.57 Å². The summed E-state index contributed by atoms with van der Waals surface area (Å²) in [5.41, 5.74) is 7.27. The molecule has 0 radical (unpaired) electrons. The van der Waals surface area contributed by atoms with Gasteiger partial charge in [-0.2, -0.15) is 0 Å². The minimum atomic E-state index is -0.502. The average molecular weight is 539 g/mol. The number of fused-ring (bicyclic) bond motifs is 1. The summed E-state index contributed by atoms with van der Waals surface area (Å²) in [7, 11) is 0. The van der Waals surface area contributed by atoms with Crippen LogP contribution in [0.15, 0.2) is 72.7 Å². The van der Waals surface area contributed by atoms with Crippen LogP contribution in [-0.4, -0.2) is 38.3 Å². The van der Waals surface area contributed by atoms with Gasteiger partial charge in [-0.05, 0) is 42.5 Å². The molecule has 5 rings (SSSR count). The lowest BCUT2D eigenvalue weighted by molar-refractivity contribution is -0.128. The van der Waals surface area contributed by atoms with Crippen molar-refractivity contribution >= 4 is 17.2 Å². The third-order valence-corrected chi connectivity index (χ3v) is 6.77. The standard InChI is InChI=1S/C31H31FN6O2/c1-31(2,3)18-25(34-4)30(39)37-15-8-9-20(19-37)29-36-26(27-28(33)35-14-16-38(27)29)23-13-12-22(17-24(23)32)40-21-10-6-5-7-11-21/h5-7,10-14,16-18,20H,8-9,15,19H2,1-3H3,(H2,33,35)/b25-18-/t20-/m1/s1. The van der Waals surface area contributed by atoms with Crippen molar-refractivity contribution < 1.29 is 13.9 Å². The number of rotatable bonds is 5. The topological polar surface area (TPSA) is 90.1 Å². The molecule has 8 nitrogen and oxygen atoms in total. The van der Waals surface area contributed by atoms with E-state index in [9.17, 15) is 4.79 Å². The summed E-state index contributed by atoms with van der Waals surface area (Å²) in [6.07, 6.45) is 6.59. The Hall–Kier alpha value is -4.71. The van der Waals surface area contributed by atoms with E-state index in [4.69, 9.17) is 22.0 Å². The predicted molar refractivity (Wildman–Crippen MR) is 152 cm³/mol. The van der Waals surface area contributed by atoms with Crippen LogP contribution in [0.25, 0.3) is 21.6 Å². The molecule has 2 aromatic carbocycles. The number of anilines is 1. The first kappa shape index (κ1) is 26.9. The highest BCUT2D eigenvalue weighted by Crippen LogP contribution is 2.36. The van der Waals surface area contributed by atoms with Crippen molar-refractivity contribution in [1.82, 2.24) is 19.3 Å². The number of hydrogen-bond acceptors (Lipinski definition) is 5. The lowest BCUT2D eigenvalue weighted by atomic mass is 9.94. The maximum Gasteiger partial charge on any atom is 0.252 e. The summed E-state index contributed by atoms with van der Waals surface area (Å²) in [5.74, 6) is 0.952. The highest BCUT2D eigenvalue weighted by molar-refractivity contribution is 5.95. The second-order valence-electron chi connectivity index (χ2n) is 11.0. The van der Waals surface area contributed by atoms with Gasteiger partial charge < -0.3 is 15.4 Å². The highest BCUT2D eigenvalue weighted by Gasteiger charge is 2.31. The number of allylic oxidation sites excluding steroid dienone is 1. The smallest absolute Gasteiger partial charge is 0.252 e. The van der Waals surface area contributed by atoms with E-state index in [1.807, 2.05) is 43.4 Å². The molecular formula is C31H31FN6O2. The number of carbonyl (C=O) groups is 1. The number of para-hydroxylation sites is 1. The maximum atomic E-state index is 15.5. The van der Waals surface area contributed by atoms with E-state index in [0.29, 0.717) is 41.6 Å². The molecule has 3 heterocycles. The molecule has 40 heavy (non-hydrogen) atoms. The molecule has 0 bridgehead atoms. The molecule has 0 saturated carbocycles. The monoisotopic (exact) mass is 538 g/mol. The zero-order valence-electron chi connectivity index (χ0n) is 22.8. The van der Waals surface area contributed by atoms with E-state index in [1.54, 1.807) is 47.6 Å². The zero-order chi connectivity index (χ0) is 28.4. The van der Waals surface area contributed by atoms with Gasteiger partial charge in [0.2, 0.25) is 5.70 Å². The van der Waals surface area contributed by atoms with Crippen LogP contribution in [0, 0.1) is 17.8 Å². The van der Waals surface area contributed by atoms with Crippen molar-refractivity contribution in [2.45, 2.75) is 39.5 Å². The molecule has 4 aromatic rings. The lowest BCUT2D eigenvalue weighted by Crippen LogP contribution is -2.40. The minimum absolute atomic E-state index is 0.121. The van der Waals surface area contributed by atoms with Gasteiger partial charge in [-0.25, -0.2) is 19.2 Å². The molecule has 1 amide bonds. The third kappa shape index (κ3) is 5.52. The number of halogens is 1. The van der Waals surface area contributed by atoms with E-state index >= 15 is 4.39 Å². The first-order valence-electron chi connectivity index (χ1n) is 13.2.